The van der Waals surface area contributed by atoms with Crippen LogP contribution in [0.2, 0.25) is 0 Å². The van der Waals surface area contributed by atoms with Crippen molar-refractivity contribution in [2.45, 2.75) is 53.4 Å². The Balaban J connectivity index is 0.000000771. The molecule has 0 aliphatic carbocycles. The SMILES string of the molecule is CC.CCCN1CCC2(CC1)CN(C(=O)CC)C2. The zero-order valence-corrected chi connectivity index (χ0v) is 12.7. The lowest BCUT2D eigenvalue weighted by Gasteiger charge is -2.54. The van der Waals surface area contributed by atoms with Gasteiger partial charge in [0.15, 0.2) is 0 Å². The van der Waals surface area contributed by atoms with Crippen LogP contribution in [0.4, 0.5) is 0 Å². The van der Waals surface area contributed by atoms with Gasteiger partial charge < -0.3 is 9.80 Å². The van der Waals surface area contributed by atoms with Gasteiger partial charge in [-0.3, -0.25) is 4.79 Å². The van der Waals surface area contributed by atoms with E-state index in [1.165, 1.54) is 38.9 Å². The minimum Gasteiger partial charge on any atom is -0.341 e. The van der Waals surface area contributed by atoms with E-state index in [1.54, 1.807) is 0 Å². The van der Waals surface area contributed by atoms with Crippen LogP contribution in [0.1, 0.15) is 53.4 Å². The molecule has 3 heteroatoms. The van der Waals surface area contributed by atoms with Crippen molar-refractivity contribution in [3.63, 3.8) is 0 Å². The van der Waals surface area contributed by atoms with Crippen molar-refractivity contribution in [1.82, 2.24) is 9.80 Å². The van der Waals surface area contributed by atoms with Gasteiger partial charge in [-0.1, -0.05) is 27.7 Å². The van der Waals surface area contributed by atoms with Crippen molar-refractivity contribution in [3.05, 3.63) is 0 Å². The average molecular weight is 254 g/mol. The van der Waals surface area contributed by atoms with E-state index in [0.717, 1.165) is 13.1 Å². The van der Waals surface area contributed by atoms with Crippen LogP contribution in [0, 0.1) is 5.41 Å². The quantitative estimate of drug-likeness (QED) is 0.773. The predicted molar refractivity (Wildman–Crippen MR) is 76.6 cm³/mol. The first-order valence-electron chi connectivity index (χ1n) is 7.69. The van der Waals surface area contributed by atoms with E-state index >= 15 is 0 Å². The molecule has 0 aromatic carbocycles. The Kier molecular flexibility index (Phi) is 6.13. The lowest BCUT2D eigenvalue weighted by atomic mass is 9.72. The van der Waals surface area contributed by atoms with E-state index in [0.29, 0.717) is 17.7 Å². The Bertz CT molecular complexity index is 249. The van der Waals surface area contributed by atoms with Crippen LogP contribution < -0.4 is 0 Å². The Morgan fingerprint density at radius 2 is 1.67 bits per heavy atom. The van der Waals surface area contributed by atoms with E-state index in [4.69, 9.17) is 0 Å². The standard InChI is InChI=1S/C13H24N2O.C2H6/c1-3-7-14-8-5-13(6-9-14)10-15(11-13)12(16)4-2;1-2/h3-11H2,1-2H3;1-2H3. The molecule has 0 unspecified atom stereocenters. The third-order valence-corrected chi connectivity index (χ3v) is 4.16. The molecule has 1 spiro atoms. The van der Waals surface area contributed by atoms with Crippen LogP contribution in [0.3, 0.4) is 0 Å². The fourth-order valence-electron chi connectivity index (χ4n) is 3.05. The van der Waals surface area contributed by atoms with E-state index in [-0.39, 0.29) is 0 Å². The smallest absolute Gasteiger partial charge is 0.222 e. The molecular formula is C15H30N2O. The Morgan fingerprint density at radius 1 is 1.11 bits per heavy atom. The topological polar surface area (TPSA) is 23.6 Å². The number of hydrogen-bond acceptors (Lipinski definition) is 2. The number of amides is 1. The van der Waals surface area contributed by atoms with E-state index in [1.807, 2.05) is 25.7 Å². The minimum absolute atomic E-state index is 0.335. The molecule has 2 aliphatic rings. The van der Waals surface area contributed by atoms with Gasteiger partial charge in [-0.2, -0.15) is 0 Å². The third kappa shape index (κ3) is 3.47. The summed E-state index contributed by atoms with van der Waals surface area (Å²) in [6.07, 6.45) is 4.51. The highest BCUT2D eigenvalue weighted by atomic mass is 16.2. The van der Waals surface area contributed by atoms with Crippen LogP contribution in [0.5, 0.6) is 0 Å². The highest BCUT2D eigenvalue weighted by Gasteiger charge is 2.45. The number of hydrogen-bond donors (Lipinski definition) is 0. The van der Waals surface area contributed by atoms with Crippen LogP contribution >= 0.6 is 0 Å². The molecule has 0 saturated carbocycles. The number of carbonyl (C=O) groups excluding carboxylic acids is 1. The molecule has 0 aromatic rings. The summed E-state index contributed by atoms with van der Waals surface area (Å²) >= 11 is 0. The first-order chi connectivity index (χ1) is 8.69. The van der Waals surface area contributed by atoms with Crippen LogP contribution in [0.25, 0.3) is 0 Å². The van der Waals surface area contributed by atoms with E-state index in [9.17, 15) is 4.79 Å². The van der Waals surface area contributed by atoms with Gasteiger partial charge in [0.05, 0.1) is 0 Å². The molecule has 2 heterocycles. The molecule has 0 atom stereocenters. The van der Waals surface area contributed by atoms with E-state index in [2.05, 4.69) is 11.8 Å². The Morgan fingerprint density at radius 3 is 2.11 bits per heavy atom. The third-order valence-electron chi connectivity index (χ3n) is 4.16. The second-order valence-corrected chi connectivity index (χ2v) is 5.44. The molecule has 2 rings (SSSR count). The number of carbonyl (C=O) groups is 1. The summed E-state index contributed by atoms with van der Waals surface area (Å²) in [4.78, 5) is 16.1. The van der Waals surface area contributed by atoms with Gasteiger partial charge >= 0.3 is 0 Å². The number of rotatable bonds is 3. The largest absolute Gasteiger partial charge is 0.341 e. The van der Waals surface area contributed by atoms with Gasteiger partial charge in [-0.25, -0.2) is 0 Å². The zero-order chi connectivity index (χ0) is 13.6. The van der Waals surface area contributed by atoms with Crippen molar-refractivity contribution in [2.75, 3.05) is 32.7 Å². The first-order valence-corrected chi connectivity index (χ1v) is 7.69. The summed E-state index contributed by atoms with van der Waals surface area (Å²) < 4.78 is 0. The summed E-state index contributed by atoms with van der Waals surface area (Å²) in [5.41, 5.74) is 0.495. The fraction of sp³-hybridized carbons (Fsp3) is 0.933. The lowest BCUT2D eigenvalue weighted by molar-refractivity contribution is -0.146. The van der Waals surface area contributed by atoms with Gasteiger partial charge in [0, 0.05) is 24.9 Å². The van der Waals surface area contributed by atoms with Crippen molar-refractivity contribution < 1.29 is 4.79 Å². The molecule has 2 fully saturated rings. The summed E-state index contributed by atoms with van der Waals surface area (Å²) in [6, 6.07) is 0. The van der Waals surface area contributed by atoms with E-state index < -0.39 is 0 Å². The minimum atomic E-state index is 0.335. The van der Waals surface area contributed by atoms with Crippen LogP contribution in [-0.2, 0) is 4.79 Å². The monoisotopic (exact) mass is 254 g/mol. The maximum Gasteiger partial charge on any atom is 0.222 e. The average Bonchev–Trinajstić information content (AvgIpc) is 2.39. The lowest BCUT2D eigenvalue weighted by Crippen LogP contribution is -2.61. The van der Waals surface area contributed by atoms with Crippen molar-refractivity contribution >= 4 is 5.91 Å². The molecule has 106 valence electrons. The molecule has 2 aliphatic heterocycles. The molecule has 1 amide bonds. The van der Waals surface area contributed by atoms with Gasteiger partial charge in [-0.15, -0.1) is 0 Å². The number of nitrogens with zero attached hydrogens (tertiary/aromatic N) is 2. The van der Waals surface area contributed by atoms with Crippen molar-refractivity contribution in [2.24, 2.45) is 5.41 Å². The maximum absolute atomic E-state index is 11.5. The second-order valence-electron chi connectivity index (χ2n) is 5.44. The first kappa shape index (κ1) is 15.5. The summed E-state index contributed by atoms with van der Waals surface area (Å²) in [5, 5.41) is 0. The van der Waals surface area contributed by atoms with Crippen LogP contribution in [0.15, 0.2) is 0 Å². The summed E-state index contributed by atoms with van der Waals surface area (Å²) in [7, 11) is 0. The normalized spacial score (nSPS) is 22.1. The molecule has 3 nitrogen and oxygen atoms in total. The summed E-state index contributed by atoms with van der Waals surface area (Å²) in [6.45, 7) is 14.0. The predicted octanol–water partition coefficient (Wildman–Crippen LogP) is 2.76. The highest BCUT2D eigenvalue weighted by molar-refractivity contribution is 5.76. The molecule has 0 radical (unpaired) electrons. The highest BCUT2D eigenvalue weighted by Crippen LogP contribution is 2.40. The number of likely N-dealkylation sites (tertiary alicyclic amines) is 2. The zero-order valence-electron chi connectivity index (χ0n) is 12.7. The van der Waals surface area contributed by atoms with Gasteiger partial charge in [0.1, 0.15) is 0 Å². The Labute approximate surface area is 113 Å². The molecule has 2 saturated heterocycles. The van der Waals surface area contributed by atoms with Crippen LogP contribution in [-0.4, -0.2) is 48.4 Å². The van der Waals surface area contributed by atoms with Gasteiger partial charge in [0.2, 0.25) is 5.91 Å². The van der Waals surface area contributed by atoms with Crippen molar-refractivity contribution in [1.29, 1.82) is 0 Å². The maximum atomic E-state index is 11.5. The molecule has 0 bridgehead atoms. The summed E-state index contributed by atoms with van der Waals surface area (Å²) in [5.74, 6) is 0.335. The second kappa shape index (κ2) is 7.13. The molecular weight excluding hydrogens is 224 g/mol. The molecule has 0 aromatic heterocycles. The molecule has 18 heavy (non-hydrogen) atoms. The molecule has 0 N–H and O–H groups in total. The van der Waals surface area contributed by atoms with Gasteiger partial charge in [-0.05, 0) is 38.9 Å². The Hall–Kier alpha value is -0.570. The fourth-order valence-corrected chi connectivity index (χ4v) is 3.05. The number of piperidine rings is 1. The van der Waals surface area contributed by atoms with Gasteiger partial charge in [0.25, 0.3) is 0 Å². The van der Waals surface area contributed by atoms with Crippen molar-refractivity contribution in [3.8, 4) is 0 Å².